The van der Waals surface area contributed by atoms with E-state index in [2.05, 4.69) is 22.3 Å². The summed E-state index contributed by atoms with van der Waals surface area (Å²) in [6.07, 6.45) is 0.0975. The molecule has 0 bridgehead atoms. The first kappa shape index (κ1) is 11.3. The molecule has 1 unspecified atom stereocenters. The number of carbonyl (C=O) groups excluding carboxylic acids is 2. The molecule has 4 nitrogen and oxygen atoms in total. The molecule has 12 heavy (non-hydrogen) atoms. The number of esters is 1. The SMILES string of the molecule is CCOC(=O)CC(C)C(=O)NS. The maximum Gasteiger partial charge on any atom is 0.306 e. The van der Waals surface area contributed by atoms with Gasteiger partial charge in [0.15, 0.2) is 0 Å². The van der Waals surface area contributed by atoms with E-state index in [1.54, 1.807) is 13.8 Å². The Kier molecular flexibility index (Phi) is 5.53. The van der Waals surface area contributed by atoms with Crippen molar-refractivity contribution < 1.29 is 14.3 Å². The molecule has 1 atom stereocenters. The van der Waals surface area contributed by atoms with E-state index in [0.29, 0.717) is 6.61 Å². The van der Waals surface area contributed by atoms with E-state index >= 15 is 0 Å². The van der Waals surface area contributed by atoms with E-state index < -0.39 is 0 Å². The van der Waals surface area contributed by atoms with Crippen LogP contribution in [0.4, 0.5) is 0 Å². The Morgan fingerprint density at radius 1 is 1.58 bits per heavy atom. The molecule has 5 heteroatoms. The Morgan fingerprint density at radius 2 is 2.17 bits per heavy atom. The minimum absolute atomic E-state index is 0.0975. The average Bonchev–Trinajstić information content (AvgIpc) is 2.03. The van der Waals surface area contributed by atoms with E-state index in [4.69, 9.17) is 0 Å². The normalized spacial score (nSPS) is 11.9. The highest BCUT2D eigenvalue weighted by atomic mass is 32.1. The van der Waals surface area contributed by atoms with Gasteiger partial charge in [-0.15, -0.1) is 0 Å². The molecule has 1 N–H and O–H groups in total. The zero-order valence-corrected chi connectivity index (χ0v) is 8.06. The smallest absolute Gasteiger partial charge is 0.306 e. The van der Waals surface area contributed by atoms with E-state index in [9.17, 15) is 9.59 Å². The number of carbonyl (C=O) groups is 2. The van der Waals surface area contributed by atoms with Crippen molar-refractivity contribution in [3.05, 3.63) is 0 Å². The molecule has 0 aromatic rings. The van der Waals surface area contributed by atoms with E-state index in [1.807, 2.05) is 0 Å². The van der Waals surface area contributed by atoms with Gasteiger partial charge in [-0.3, -0.25) is 9.59 Å². The lowest BCUT2D eigenvalue weighted by molar-refractivity contribution is -0.145. The monoisotopic (exact) mass is 191 g/mol. The van der Waals surface area contributed by atoms with Crippen LogP contribution in [-0.4, -0.2) is 18.5 Å². The molecule has 70 valence electrons. The fourth-order valence-corrected chi connectivity index (χ4v) is 0.893. The highest BCUT2D eigenvalue weighted by Gasteiger charge is 2.16. The molecular weight excluding hydrogens is 178 g/mol. The first-order chi connectivity index (χ1) is 5.61. The molecule has 0 saturated carbocycles. The number of hydrogen-bond donors (Lipinski definition) is 2. The van der Waals surface area contributed by atoms with Gasteiger partial charge >= 0.3 is 5.97 Å². The summed E-state index contributed by atoms with van der Waals surface area (Å²) >= 11 is 3.58. The number of thiol groups is 1. The fraction of sp³-hybridized carbons (Fsp3) is 0.714. The summed E-state index contributed by atoms with van der Waals surface area (Å²) in [7, 11) is 0. The van der Waals surface area contributed by atoms with Gasteiger partial charge in [-0.25, -0.2) is 0 Å². The second-order valence-electron chi connectivity index (χ2n) is 2.39. The first-order valence-corrected chi connectivity index (χ1v) is 4.16. The second kappa shape index (κ2) is 5.88. The lowest BCUT2D eigenvalue weighted by atomic mass is 10.1. The van der Waals surface area contributed by atoms with Crippen LogP contribution in [0.5, 0.6) is 0 Å². The quantitative estimate of drug-likeness (QED) is 0.503. The third-order valence-electron chi connectivity index (χ3n) is 1.34. The standard InChI is InChI=1S/C7H13NO3S/c1-3-11-6(9)4-5(2)7(10)8-12/h5,12H,3-4H2,1-2H3,(H,8,10). The predicted molar refractivity (Wildman–Crippen MR) is 47.5 cm³/mol. The third kappa shape index (κ3) is 4.23. The summed E-state index contributed by atoms with van der Waals surface area (Å²) in [6.45, 7) is 3.71. The summed E-state index contributed by atoms with van der Waals surface area (Å²) in [4.78, 5) is 21.7. The molecule has 1 amide bonds. The molecule has 0 rings (SSSR count). The maximum absolute atomic E-state index is 10.9. The number of rotatable bonds is 4. The third-order valence-corrected chi connectivity index (χ3v) is 1.56. The molecule has 0 saturated heterocycles. The highest BCUT2D eigenvalue weighted by molar-refractivity contribution is 7.78. The van der Waals surface area contributed by atoms with Crippen molar-refractivity contribution in [3.8, 4) is 0 Å². The molecular formula is C7H13NO3S. The van der Waals surface area contributed by atoms with Crippen LogP contribution >= 0.6 is 12.8 Å². The van der Waals surface area contributed by atoms with Crippen LogP contribution in [-0.2, 0) is 14.3 Å². The molecule has 0 aliphatic carbocycles. The van der Waals surface area contributed by atoms with Crippen LogP contribution in [0.1, 0.15) is 20.3 Å². The summed E-state index contributed by atoms with van der Waals surface area (Å²) in [5, 5.41) is 0. The van der Waals surface area contributed by atoms with Crippen molar-refractivity contribution >= 4 is 24.7 Å². The van der Waals surface area contributed by atoms with Gasteiger partial charge in [-0.1, -0.05) is 19.7 Å². The maximum atomic E-state index is 10.9. The van der Waals surface area contributed by atoms with Crippen LogP contribution < -0.4 is 4.72 Å². The fourth-order valence-electron chi connectivity index (χ4n) is 0.673. The van der Waals surface area contributed by atoms with Crippen molar-refractivity contribution in [1.29, 1.82) is 0 Å². The number of hydrogen-bond acceptors (Lipinski definition) is 4. The largest absolute Gasteiger partial charge is 0.466 e. The Morgan fingerprint density at radius 3 is 2.58 bits per heavy atom. The van der Waals surface area contributed by atoms with Crippen molar-refractivity contribution in [2.45, 2.75) is 20.3 Å². The minimum atomic E-state index is -0.387. The Bertz CT molecular complexity index is 172. The van der Waals surface area contributed by atoms with E-state index in [0.717, 1.165) is 0 Å². The van der Waals surface area contributed by atoms with E-state index in [1.165, 1.54) is 0 Å². The first-order valence-electron chi connectivity index (χ1n) is 3.71. The van der Waals surface area contributed by atoms with Gasteiger partial charge < -0.3 is 9.46 Å². The number of ether oxygens (including phenoxy) is 1. The molecule has 0 spiro atoms. The lowest BCUT2D eigenvalue weighted by Crippen LogP contribution is -2.24. The zero-order chi connectivity index (χ0) is 9.56. The Hall–Kier alpha value is -0.710. The van der Waals surface area contributed by atoms with Gasteiger partial charge in [0.05, 0.1) is 13.0 Å². The zero-order valence-electron chi connectivity index (χ0n) is 7.16. The Balaban J connectivity index is 3.75. The van der Waals surface area contributed by atoms with Crippen LogP contribution in [0, 0.1) is 5.92 Å². The van der Waals surface area contributed by atoms with Crippen molar-refractivity contribution in [1.82, 2.24) is 4.72 Å². The van der Waals surface area contributed by atoms with E-state index in [-0.39, 0.29) is 24.2 Å². The van der Waals surface area contributed by atoms with Crippen molar-refractivity contribution in [2.75, 3.05) is 6.61 Å². The highest BCUT2D eigenvalue weighted by Crippen LogP contribution is 2.03. The molecule has 0 aliphatic rings. The molecule has 0 aromatic heterocycles. The Labute approximate surface area is 77.2 Å². The van der Waals surface area contributed by atoms with Crippen LogP contribution in [0.2, 0.25) is 0 Å². The lowest BCUT2D eigenvalue weighted by Gasteiger charge is -2.07. The van der Waals surface area contributed by atoms with Gasteiger partial charge in [-0.05, 0) is 6.92 Å². The minimum Gasteiger partial charge on any atom is -0.466 e. The molecule has 0 aromatic carbocycles. The van der Waals surface area contributed by atoms with Gasteiger partial charge in [0.25, 0.3) is 0 Å². The molecule has 0 radical (unpaired) electrons. The van der Waals surface area contributed by atoms with Gasteiger partial charge in [0, 0.05) is 5.92 Å². The van der Waals surface area contributed by atoms with Crippen LogP contribution in [0.25, 0.3) is 0 Å². The van der Waals surface area contributed by atoms with Gasteiger partial charge in [-0.2, -0.15) is 0 Å². The average molecular weight is 191 g/mol. The van der Waals surface area contributed by atoms with Crippen molar-refractivity contribution in [2.24, 2.45) is 5.92 Å². The summed E-state index contributed by atoms with van der Waals surface area (Å²) < 4.78 is 6.82. The summed E-state index contributed by atoms with van der Waals surface area (Å²) in [5.74, 6) is -1.02. The van der Waals surface area contributed by atoms with Crippen LogP contribution in [0.3, 0.4) is 0 Å². The van der Waals surface area contributed by atoms with Gasteiger partial charge in [0.2, 0.25) is 5.91 Å². The summed E-state index contributed by atoms with van der Waals surface area (Å²) in [6, 6.07) is 0. The summed E-state index contributed by atoms with van der Waals surface area (Å²) in [5.41, 5.74) is 0. The second-order valence-corrected chi connectivity index (χ2v) is 2.61. The predicted octanol–water partition coefficient (Wildman–Crippen LogP) is 0.537. The molecule has 0 aliphatic heterocycles. The molecule has 0 heterocycles. The van der Waals surface area contributed by atoms with Crippen LogP contribution in [0.15, 0.2) is 0 Å². The topological polar surface area (TPSA) is 55.4 Å². The van der Waals surface area contributed by atoms with Gasteiger partial charge in [0.1, 0.15) is 0 Å². The van der Waals surface area contributed by atoms with Crippen molar-refractivity contribution in [3.63, 3.8) is 0 Å². The number of amides is 1. The molecule has 0 fully saturated rings. The number of nitrogens with one attached hydrogen (secondary N) is 1.